The molecule has 1 heterocycles. The Morgan fingerprint density at radius 2 is 1.11 bits per heavy atom. The first-order chi connectivity index (χ1) is 38.9. The summed E-state index contributed by atoms with van der Waals surface area (Å²) in [6.07, 6.45) is 10.8. The molecule has 12 N–H and O–H groups in total. The standard InChI is InChI=1S/C60H109N11O12/c1-14-16-17-18-19-23-27-43(51(77)64-45(33-39(5)6)52(78)68-58(8,9)55(81)67-44(32-38(3)4)50(76)62-29-28-48(74)63-40(7)36-61-30-31-72)66-56(82)59(10,11)70-57(83)60(12,13)69-53(79)46(34-41-25-21-20-22-26-41)65-54(80)47-35-42(73)37-71(47)49(75)24-15-2/h38-47,61,72-73H,14-37H2,1-13H3,(H,62,76)(H,63,74)(H,64,77)(H,65,80)(H,66,82)(H,67,81)(H,68,78)(H,69,79)(H,70,83)/t40-,42+,43-,44-,45-,46-,47-/m0/s1. The van der Waals surface area contributed by atoms with Gasteiger partial charge in [-0.2, -0.15) is 0 Å². The Bertz CT molecular complexity index is 2110. The average molecular weight is 1180 g/mol. The van der Waals surface area contributed by atoms with Gasteiger partial charge in [0, 0.05) is 51.5 Å². The van der Waals surface area contributed by atoms with Gasteiger partial charge in [-0.05, 0) is 98.3 Å². The van der Waals surface area contributed by atoms with Gasteiger partial charge in [-0.15, -0.1) is 0 Å². The van der Waals surface area contributed by atoms with E-state index in [1.54, 1.807) is 0 Å². The number of hydrogen-bond acceptors (Lipinski definition) is 13. The number of unbranched alkanes of at least 4 members (excludes halogenated alkanes) is 5. The topological polar surface area (TPSA) is 335 Å². The van der Waals surface area contributed by atoms with E-state index in [1.165, 1.54) is 46.4 Å². The minimum atomic E-state index is -1.66. The minimum Gasteiger partial charge on any atom is -0.395 e. The van der Waals surface area contributed by atoms with Crippen molar-refractivity contribution < 1.29 is 58.2 Å². The van der Waals surface area contributed by atoms with Crippen LogP contribution in [0.2, 0.25) is 0 Å². The molecule has 2 rings (SSSR count). The summed E-state index contributed by atoms with van der Waals surface area (Å²) in [4.78, 5) is 139. The van der Waals surface area contributed by atoms with Crippen LogP contribution in [0.4, 0.5) is 0 Å². The largest absolute Gasteiger partial charge is 0.395 e. The number of hydrogen-bond donors (Lipinski definition) is 12. The van der Waals surface area contributed by atoms with E-state index in [-0.39, 0.29) is 93.8 Å². The normalized spacial score (nSPS) is 17.8. The van der Waals surface area contributed by atoms with Crippen molar-refractivity contribution in [2.24, 2.45) is 17.8 Å². The Balaban J connectivity index is 2.27. The first-order valence-corrected chi connectivity index (χ1v) is 30.9. The first-order valence-electron chi connectivity index (χ1n) is 30.9. The van der Waals surface area contributed by atoms with Crippen LogP contribution in [-0.2, 0) is 47.9 Å². The second-order valence-electron chi connectivity index (χ2n) is 25.7. The van der Waals surface area contributed by atoms with Gasteiger partial charge < -0.3 is 68.3 Å². The molecule has 10 amide bonds. The Kier molecular flexibility index (Phi) is 32.3. The van der Waals surface area contributed by atoms with E-state index in [2.05, 4.69) is 60.1 Å². The molecule has 1 saturated heterocycles. The molecule has 2 aliphatic rings. The summed E-state index contributed by atoms with van der Waals surface area (Å²) in [5.41, 5.74) is -4.88. The molecule has 476 valence electrons. The van der Waals surface area contributed by atoms with Crippen molar-refractivity contribution in [2.75, 3.05) is 32.8 Å². The molecule has 1 aliphatic carbocycles. The molecule has 2 fully saturated rings. The van der Waals surface area contributed by atoms with Gasteiger partial charge in [-0.1, -0.05) is 112 Å². The number of rotatable bonds is 38. The summed E-state index contributed by atoms with van der Waals surface area (Å²) in [5.74, 6) is -5.70. The molecule has 1 aliphatic heterocycles. The number of carbonyl (C=O) groups is 10. The van der Waals surface area contributed by atoms with Gasteiger partial charge in [-0.3, -0.25) is 47.9 Å². The van der Waals surface area contributed by atoms with Crippen LogP contribution in [-0.4, -0.2) is 166 Å². The zero-order chi connectivity index (χ0) is 62.7. The Morgan fingerprint density at radius 3 is 1.69 bits per heavy atom. The van der Waals surface area contributed by atoms with Gasteiger partial charge in [0.15, 0.2) is 0 Å². The highest BCUT2D eigenvalue weighted by Gasteiger charge is 2.43. The van der Waals surface area contributed by atoms with Gasteiger partial charge in [0.1, 0.15) is 46.8 Å². The first kappa shape index (κ1) is 73.7. The summed E-state index contributed by atoms with van der Waals surface area (Å²) >= 11 is 0. The molecular formula is C60H109N11O12. The lowest BCUT2D eigenvalue weighted by Crippen LogP contribution is -2.66. The molecule has 0 bridgehead atoms. The van der Waals surface area contributed by atoms with Crippen LogP contribution in [0.3, 0.4) is 0 Å². The fraction of sp³-hybridized carbons (Fsp3) is 0.833. The minimum absolute atomic E-state index is 0.00853. The predicted molar refractivity (Wildman–Crippen MR) is 319 cm³/mol. The molecule has 23 nitrogen and oxygen atoms in total. The van der Waals surface area contributed by atoms with Gasteiger partial charge >= 0.3 is 0 Å². The number of nitrogens with zero attached hydrogens (tertiary/aromatic N) is 1. The maximum atomic E-state index is 14.4. The lowest BCUT2D eigenvalue weighted by atomic mass is 9.84. The van der Waals surface area contributed by atoms with Crippen molar-refractivity contribution in [3.63, 3.8) is 0 Å². The summed E-state index contributed by atoms with van der Waals surface area (Å²) in [5, 5.41) is 47.6. The summed E-state index contributed by atoms with van der Waals surface area (Å²) in [7, 11) is 0. The average Bonchev–Trinajstić information content (AvgIpc) is 3.81. The third kappa shape index (κ3) is 27.0. The summed E-state index contributed by atoms with van der Waals surface area (Å²) in [6, 6.07) is -5.57. The van der Waals surface area contributed by atoms with Crippen LogP contribution in [0.25, 0.3) is 0 Å². The number of amides is 10. The summed E-state index contributed by atoms with van der Waals surface area (Å²) in [6.45, 7) is 22.9. The highest BCUT2D eigenvalue weighted by Crippen LogP contribution is 2.28. The zero-order valence-electron chi connectivity index (χ0n) is 52.7. The Labute approximate surface area is 495 Å². The van der Waals surface area contributed by atoms with E-state index in [9.17, 15) is 53.1 Å². The lowest BCUT2D eigenvalue weighted by molar-refractivity contribution is -0.141. The van der Waals surface area contributed by atoms with E-state index < -0.39 is 100 Å². The highest BCUT2D eigenvalue weighted by molar-refractivity contribution is 6.00. The molecule has 0 unspecified atom stereocenters. The van der Waals surface area contributed by atoms with Gasteiger partial charge in [-0.25, -0.2) is 0 Å². The Morgan fingerprint density at radius 1 is 0.566 bits per heavy atom. The second kappa shape index (κ2) is 36.4. The number of carbonyl (C=O) groups excluding carboxylic acids is 10. The molecule has 0 aromatic heterocycles. The van der Waals surface area contributed by atoms with Crippen molar-refractivity contribution in [2.45, 2.75) is 271 Å². The van der Waals surface area contributed by atoms with E-state index in [1.807, 2.05) is 41.5 Å². The number of β-amino-alcohol motifs (C(OH)–C–C–N with tert-alkyl or cyclic N) is 1. The molecule has 0 spiro atoms. The van der Waals surface area contributed by atoms with Crippen molar-refractivity contribution in [3.8, 4) is 0 Å². The number of aliphatic hydroxyl groups is 2. The number of aliphatic hydroxyl groups excluding tert-OH is 2. The third-order valence-corrected chi connectivity index (χ3v) is 15.2. The van der Waals surface area contributed by atoms with Crippen molar-refractivity contribution in [3.05, 3.63) is 0 Å². The van der Waals surface area contributed by atoms with E-state index in [0.717, 1.165) is 64.2 Å². The molecule has 23 heteroatoms. The molecule has 0 aromatic carbocycles. The third-order valence-electron chi connectivity index (χ3n) is 15.2. The fourth-order valence-corrected chi connectivity index (χ4v) is 10.3. The molecule has 7 atom stereocenters. The Hall–Kier alpha value is -5.42. The molecular weight excluding hydrogens is 1070 g/mol. The smallest absolute Gasteiger partial charge is 0.246 e. The van der Waals surface area contributed by atoms with Crippen LogP contribution in [0.1, 0.15) is 212 Å². The van der Waals surface area contributed by atoms with Crippen molar-refractivity contribution in [1.82, 2.24) is 58.1 Å². The molecule has 0 radical (unpaired) electrons. The highest BCUT2D eigenvalue weighted by atomic mass is 16.3. The fourth-order valence-electron chi connectivity index (χ4n) is 10.3. The zero-order valence-corrected chi connectivity index (χ0v) is 52.7. The monoisotopic (exact) mass is 1180 g/mol. The molecule has 1 saturated carbocycles. The molecule has 83 heavy (non-hydrogen) atoms. The maximum Gasteiger partial charge on any atom is 0.246 e. The molecule has 0 aromatic rings. The van der Waals surface area contributed by atoms with Crippen LogP contribution < -0.4 is 53.2 Å². The van der Waals surface area contributed by atoms with Gasteiger partial charge in [0.05, 0.1) is 12.7 Å². The number of likely N-dealkylation sites (tertiary alicyclic amines) is 1. The SMILES string of the molecule is CCCCCCCC[C@H](NC(=O)C(C)(C)NC(=O)C(C)(C)NC(=O)[C@H](CC1CCCCC1)NC(=O)[C@@H]1C[C@@H](O)CN1C(=O)CCC)C(=O)N[C@@H](CC(C)C)C(=O)NC(C)(C)C(=O)N[C@@H](CC(C)C)C(=O)NCCC(=O)N[C@@H](C)CNCCO. The van der Waals surface area contributed by atoms with E-state index >= 15 is 0 Å². The second-order valence-corrected chi connectivity index (χ2v) is 25.7. The van der Waals surface area contributed by atoms with Crippen LogP contribution in [0, 0.1) is 17.8 Å². The van der Waals surface area contributed by atoms with Gasteiger partial charge in [0.25, 0.3) is 0 Å². The summed E-state index contributed by atoms with van der Waals surface area (Å²) < 4.78 is 0. The van der Waals surface area contributed by atoms with Gasteiger partial charge in [0.2, 0.25) is 59.1 Å². The van der Waals surface area contributed by atoms with E-state index in [4.69, 9.17) is 5.11 Å². The maximum absolute atomic E-state index is 14.4. The van der Waals surface area contributed by atoms with E-state index in [0.29, 0.717) is 32.4 Å². The quantitative estimate of drug-likeness (QED) is 0.0397. The van der Waals surface area contributed by atoms with Crippen LogP contribution >= 0.6 is 0 Å². The predicted octanol–water partition coefficient (Wildman–Crippen LogP) is 2.78. The lowest BCUT2D eigenvalue weighted by Gasteiger charge is -2.35. The number of nitrogens with one attached hydrogen (secondary N) is 10. The van der Waals surface area contributed by atoms with Crippen molar-refractivity contribution in [1.29, 1.82) is 0 Å². The van der Waals surface area contributed by atoms with Crippen LogP contribution in [0.5, 0.6) is 0 Å². The van der Waals surface area contributed by atoms with Crippen molar-refractivity contribution >= 4 is 59.1 Å². The van der Waals surface area contributed by atoms with Crippen LogP contribution in [0.15, 0.2) is 0 Å².